The first-order chi connectivity index (χ1) is 4.19. The Morgan fingerprint density at radius 3 is 1.40 bits per heavy atom. The summed E-state index contributed by atoms with van der Waals surface area (Å²) in [5.74, 6) is 0. The lowest BCUT2D eigenvalue weighted by atomic mass is 10.5. The van der Waals surface area contributed by atoms with Gasteiger partial charge in [0.05, 0.1) is 0 Å². The SMILES string of the molecule is FC(Br)C(F)(Br)C(Br)(Br)Br. The van der Waals surface area contributed by atoms with Gasteiger partial charge in [-0.2, -0.15) is 0 Å². The normalized spacial score (nSPS) is 21.9. The lowest BCUT2D eigenvalue weighted by molar-refractivity contribution is 0.226. The van der Waals surface area contributed by atoms with E-state index in [0.717, 1.165) is 0 Å². The Morgan fingerprint density at radius 2 is 1.40 bits per heavy atom. The number of alkyl halides is 7. The molecule has 0 fully saturated rings. The molecular weight excluding hydrogens is 474 g/mol. The molecule has 0 N–H and O–H groups in total. The van der Waals surface area contributed by atoms with Gasteiger partial charge in [0.25, 0.3) is 0 Å². The topological polar surface area (TPSA) is 0 Å². The van der Waals surface area contributed by atoms with Crippen LogP contribution in [0, 0.1) is 0 Å². The van der Waals surface area contributed by atoms with Crippen LogP contribution >= 0.6 is 79.6 Å². The summed E-state index contributed by atoms with van der Waals surface area (Å²) >= 11 is 13.5. The quantitative estimate of drug-likeness (QED) is 0.489. The van der Waals surface area contributed by atoms with E-state index in [1.807, 2.05) is 0 Å². The maximum Gasteiger partial charge on any atom is 0.240 e. The van der Waals surface area contributed by atoms with Gasteiger partial charge in [0.1, 0.15) is 0 Å². The summed E-state index contributed by atoms with van der Waals surface area (Å²) in [5.41, 5.74) is 0. The van der Waals surface area contributed by atoms with Gasteiger partial charge in [-0.25, -0.2) is 8.78 Å². The van der Waals surface area contributed by atoms with Crippen molar-refractivity contribution in [1.29, 1.82) is 0 Å². The zero-order valence-electron chi connectivity index (χ0n) is 4.22. The van der Waals surface area contributed by atoms with Gasteiger partial charge in [0, 0.05) is 0 Å². The van der Waals surface area contributed by atoms with Crippen LogP contribution in [-0.4, -0.2) is 11.8 Å². The van der Waals surface area contributed by atoms with E-state index in [-0.39, 0.29) is 0 Å². The molecule has 0 saturated carbocycles. The smallest absolute Gasteiger partial charge is 0.230 e. The van der Waals surface area contributed by atoms with E-state index in [2.05, 4.69) is 79.6 Å². The highest BCUT2D eigenvalue weighted by molar-refractivity contribution is 9.40. The fraction of sp³-hybridized carbons (Fsp3) is 1.00. The highest BCUT2D eigenvalue weighted by Crippen LogP contribution is 2.53. The van der Waals surface area contributed by atoms with Crippen molar-refractivity contribution < 1.29 is 8.78 Å². The molecule has 0 nitrogen and oxygen atoms in total. The Hall–Kier alpha value is 2.26. The van der Waals surface area contributed by atoms with E-state index < -0.39 is 11.8 Å². The summed E-state index contributed by atoms with van der Waals surface area (Å²) in [6, 6.07) is 0. The van der Waals surface area contributed by atoms with Gasteiger partial charge < -0.3 is 0 Å². The molecule has 62 valence electrons. The largest absolute Gasteiger partial charge is 0.240 e. The summed E-state index contributed by atoms with van der Waals surface area (Å²) in [4.78, 5) is 0. The first kappa shape index (κ1) is 12.3. The van der Waals surface area contributed by atoms with Crippen molar-refractivity contribution in [3.63, 3.8) is 0 Å². The first-order valence-electron chi connectivity index (χ1n) is 1.92. The second-order valence-electron chi connectivity index (χ2n) is 1.42. The van der Waals surface area contributed by atoms with E-state index in [4.69, 9.17) is 0 Å². The molecule has 0 amide bonds. The number of halogens is 7. The van der Waals surface area contributed by atoms with Crippen molar-refractivity contribution in [2.75, 3.05) is 0 Å². The van der Waals surface area contributed by atoms with E-state index in [0.29, 0.717) is 0 Å². The third kappa shape index (κ3) is 2.95. The summed E-state index contributed by atoms with van der Waals surface area (Å²) in [6.07, 6.45) is 0. The summed E-state index contributed by atoms with van der Waals surface area (Å²) in [7, 11) is 0. The molecular formula is C3HBr5F2. The van der Waals surface area contributed by atoms with Crippen molar-refractivity contribution in [3.05, 3.63) is 0 Å². The molecule has 0 rings (SSSR count). The second kappa shape index (κ2) is 3.98. The first-order valence-corrected chi connectivity index (χ1v) is 6.01. The minimum absolute atomic E-state index is 1.32. The minimum atomic E-state index is -2.25. The Morgan fingerprint density at radius 1 is 1.10 bits per heavy atom. The maximum atomic E-state index is 13.1. The molecule has 0 aliphatic heterocycles. The van der Waals surface area contributed by atoms with Gasteiger partial charge in [0.15, 0.2) is 2.14 Å². The van der Waals surface area contributed by atoms with Gasteiger partial charge in [-0.1, -0.05) is 47.8 Å². The lowest BCUT2D eigenvalue weighted by Gasteiger charge is -2.27. The Bertz CT molecular complexity index is 117. The zero-order valence-corrected chi connectivity index (χ0v) is 12.2. The molecule has 0 bridgehead atoms. The standard InChI is InChI=1S/C3HBr5F2/c4-1(9)2(5,10)3(6,7)8/h1H. The van der Waals surface area contributed by atoms with E-state index in [9.17, 15) is 8.78 Å². The molecule has 0 aromatic heterocycles. The predicted octanol–water partition coefficient (Wildman–Crippen LogP) is 4.58. The monoisotopic (exact) mass is 470 g/mol. The van der Waals surface area contributed by atoms with Crippen LogP contribution < -0.4 is 0 Å². The molecule has 0 aromatic carbocycles. The fourth-order valence-corrected chi connectivity index (χ4v) is 1.99. The molecule has 0 aliphatic carbocycles. The minimum Gasteiger partial charge on any atom is -0.230 e. The third-order valence-electron chi connectivity index (χ3n) is 0.652. The van der Waals surface area contributed by atoms with Gasteiger partial charge in [-0.3, -0.25) is 0 Å². The molecule has 0 spiro atoms. The predicted molar refractivity (Wildman–Crippen MR) is 56.1 cm³/mol. The van der Waals surface area contributed by atoms with E-state index in [1.54, 1.807) is 0 Å². The van der Waals surface area contributed by atoms with Crippen LogP contribution in [-0.2, 0) is 0 Å². The zero-order chi connectivity index (χ0) is 8.58. The number of hydrogen-bond donors (Lipinski definition) is 0. The molecule has 7 heteroatoms. The third-order valence-corrected chi connectivity index (χ3v) is 6.22. The number of hydrogen-bond acceptors (Lipinski definition) is 0. The van der Waals surface area contributed by atoms with Crippen molar-refractivity contribution in [2.45, 2.75) is 11.8 Å². The van der Waals surface area contributed by atoms with E-state index in [1.165, 1.54) is 0 Å². The molecule has 2 atom stereocenters. The number of rotatable bonds is 1. The molecule has 2 unspecified atom stereocenters. The Balaban J connectivity index is 4.40. The molecule has 0 aromatic rings. The summed E-state index contributed by atoms with van der Waals surface area (Å²) in [5, 5.41) is -1.82. The van der Waals surface area contributed by atoms with Crippen molar-refractivity contribution in [1.82, 2.24) is 0 Å². The van der Waals surface area contributed by atoms with Crippen LogP contribution in [0.25, 0.3) is 0 Å². The van der Waals surface area contributed by atoms with Crippen LogP contribution in [0.4, 0.5) is 8.78 Å². The second-order valence-corrected chi connectivity index (χ2v) is 10.1. The molecule has 0 radical (unpaired) electrons. The van der Waals surface area contributed by atoms with Gasteiger partial charge in [-0.05, 0) is 31.9 Å². The molecule has 0 heterocycles. The fourth-order valence-electron chi connectivity index (χ4n) is 0.124. The van der Waals surface area contributed by atoms with Crippen LogP contribution in [0.5, 0.6) is 0 Å². The van der Waals surface area contributed by atoms with Crippen LogP contribution in [0.1, 0.15) is 0 Å². The Labute approximate surface area is 99.1 Å². The van der Waals surface area contributed by atoms with Gasteiger partial charge >= 0.3 is 0 Å². The average molecular weight is 475 g/mol. The Kier molecular flexibility index (Phi) is 4.88. The molecule has 0 aliphatic rings. The molecule has 10 heavy (non-hydrogen) atoms. The van der Waals surface area contributed by atoms with Gasteiger partial charge in [0.2, 0.25) is 9.66 Å². The van der Waals surface area contributed by atoms with Crippen LogP contribution in [0.15, 0.2) is 0 Å². The highest BCUT2D eigenvalue weighted by Gasteiger charge is 2.51. The molecule has 0 saturated heterocycles. The average Bonchev–Trinajstić information content (AvgIpc) is 1.62. The summed E-state index contributed by atoms with van der Waals surface area (Å²) < 4.78 is 21.9. The van der Waals surface area contributed by atoms with Crippen LogP contribution in [0.3, 0.4) is 0 Å². The maximum absolute atomic E-state index is 13.1. The van der Waals surface area contributed by atoms with Gasteiger partial charge in [-0.15, -0.1) is 0 Å². The van der Waals surface area contributed by atoms with E-state index >= 15 is 0 Å². The highest BCUT2D eigenvalue weighted by atomic mass is 80.0. The van der Waals surface area contributed by atoms with Crippen molar-refractivity contribution in [2.24, 2.45) is 0 Å². The lowest BCUT2D eigenvalue weighted by Crippen LogP contribution is -2.36. The van der Waals surface area contributed by atoms with Crippen molar-refractivity contribution >= 4 is 79.6 Å². The van der Waals surface area contributed by atoms with Crippen LogP contribution in [0.2, 0.25) is 0 Å². The van der Waals surface area contributed by atoms with Crippen molar-refractivity contribution in [3.8, 4) is 0 Å². The summed E-state index contributed by atoms with van der Waals surface area (Å²) in [6.45, 7) is 0.